The molecule has 0 saturated heterocycles. The lowest BCUT2D eigenvalue weighted by Crippen LogP contribution is -2.00. The molecule has 90 valence electrons. The van der Waals surface area contributed by atoms with Gasteiger partial charge in [-0.15, -0.1) is 0 Å². The van der Waals surface area contributed by atoms with Gasteiger partial charge in [0.15, 0.2) is 0 Å². The molecule has 2 aromatic carbocycles. The molecular weight excluding hydrogens is 294 g/mol. The monoisotopic (exact) mass is 303 g/mol. The van der Waals surface area contributed by atoms with Crippen molar-refractivity contribution in [2.75, 3.05) is 0 Å². The zero-order valence-electron chi connectivity index (χ0n) is 9.42. The van der Waals surface area contributed by atoms with E-state index in [0.717, 1.165) is 10.0 Å². The molecule has 0 heterocycles. The lowest BCUT2D eigenvalue weighted by atomic mass is 10.2. The predicted octanol–water partition coefficient (Wildman–Crippen LogP) is 3.64. The zero-order chi connectivity index (χ0) is 12.8. The molecular formula is C14H10BrNO2. The van der Waals surface area contributed by atoms with Crippen molar-refractivity contribution in [2.45, 2.75) is 0 Å². The van der Waals surface area contributed by atoms with Crippen LogP contribution in [0.5, 0.6) is 0 Å². The molecule has 0 atom stereocenters. The minimum absolute atomic E-state index is 0.471. The molecule has 0 spiro atoms. The van der Waals surface area contributed by atoms with Crippen LogP contribution in [0.3, 0.4) is 0 Å². The first-order chi connectivity index (χ1) is 8.75. The number of oxime groups is 1. The van der Waals surface area contributed by atoms with Crippen LogP contribution in [-0.2, 0) is 4.84 Å². The fourth-order valence-corrected chi connectivity index (χ4v) is 1.77. The normalized spacial score (nSPS) is 10.5. The van der Waals surface area contributed by atoms with E-state index in [1.165, 1.54) is 6.21 Å². The maximum Gasteiger partial charge on any atom is 0.365 e. The molecule has 0 fully saturated rings. The van der Waals surface area contributed by atoms with Crippen molar-refractivity contribution < 1.29 is 9.63 Å². The summed E-state index contributed by atoms with van der Waals surface area (Å²) in [7, 11) is 0. The van der Waals surface area contributed by atoms with E-state index < -0.39 is 5.97 Å². The van der Waals surface area contributed by atoms with Crippen LogP contribution in [-0.4, -0.2) is 12.2 Å². The van der Waals surface area contributed by atoms with Gasteiger partial charge < -0.3 is 4.84 Å². The maximum atomic E-state index is 11.6. The molecule has 18 heavy (non-hydrogen) atoms. The van der Waals surface area contributed by atoms with E-state index in [2.05, 4.69) is 21.1 Å². The number of hydrogen-bond acceptors (Lipinski definition) is 3. The van der Waals surface area contributed by atoms with Crippen LogP contribution >= 0.6 is 15.9 Å². The van der Waals surface area contributed by atoms with Crippen LogP contribution in [0.1, 0.15) is 15.9 Å². The van der Waals surface area contributed by atoms with Gasteiger partial charge in [0.1, 0.15) is 0 Å². The first kappa shape index (κ1) is 12.5. The number of halogens is 1. The molecule has 0 N–H and O–H groups in total. The SMILES string of the molecule is O=C(O/N=C/c1cccc(Br)c1)c1ccccc1. The lowest BCUT2D eigenvalue weighted by Gasteiger charge is -1.97. The molecule has 0 unspecified atom stereocenters. The van der Waals surface area contributed by atoms with Gasteiger partial charge in [-0.2, -0.15) is 0 Å². The number of rotatable bonds is 3. The molecule has 0 radical (unpaired) electrons. The summed E-state index contributed by atoms with van der Waals surface area (Å²) in [5.74, 6) is -0.471. The highest BCUT2D eigenvalue weighted by Gasteiger charge is 2.04. The average molecular weight is 304 g/mol. The third-order valence-electron chi connectivity index (χ3n) is 2.20. The Kier molecular flexibility index (Phi) is 4.25. The fourth-order valence-electron chi connectivity index (χ4n) is 1.35. The second-order valence-electron chi connectivity index (χ2n) is 3.53. The van der Waals surface area contributed by atoms with Gasteiger partial charge in [0, 0.05) is 4.47 Å². The second kappa shape index (κ2) is 6.12. The van der Waals surface area contributed by atoms with Crippen molar-refractivity contribution in [1.29, 1.82) is 0 Å². The molecule has 0 aromatic heterocycles. The van der Waals surface area contributed by atoms with E-state index in [4.69, 9.17) is 4.84 Å². The summed E-state index contributed by atoms with van der Waals surface area (Å²) in [5, 5.41) is 3.66. The fraction of sp³-hybridized carbons (Fsp3) is 0. The van der Waals surface area contributed by atoms with Crippen molar-refractivity contribution in [3.05, 3.63) is 70.2 Å². The van der Waals surface area contributed by atoms with Gasteiger partial charge in [-0.3, -0.25) is 0 Å². The van der Waals surface area contributed by atoms with Crippen molar-refractivity contribution in [2.24, 2.45) is 5.16 Å². The average Bonchev–Trinajstić information content (AvgIpc) is 2.40. The molecule has 0 bridgehead atoms. The zero-order valence-corrected chi connectivity index (χ0v) is 11.0. The van der Waals surface area contributed by atoms with Crippen LogP contribution in [0.2, 0.25) is 0 Å². The highest BCUT2D eigenvalue weighted by molar-refractivity contribution is 9.10. The van der Waals surface area contributed by atoms with Crippen molar-refractivity contribution in [1.82, 2.24) is 0 Å². The Hall–Kier alpha value is -1.94. The predicted molar refractivity (Wildman–Crippen MR) is 73.6 cm³/mol. The highest BCUT2D eigenvalue weighted by atomic mass is 79.9. The minimum atomic E-state index is -0.471. The Labute approximate surface area is 113 Å². The first-order valence-corrected chi connectivity index (χ1v) is 6.10. The topological polar surface area (TPSA) is 38.7 Å². The standard InChI is InChI=1S/C14H10BrNO2/c15-13-8-4-5-11(9-13)10-16-18-14(17)12-6-2-1-3-7-12/h1-10H/b16-10+. The molecule has 0 aliphatic carbocycles. The number of nitrogens with zero attached hydrogens (tertiary/aromatic N) is 1. The van der Waals surface area contributed by atoms with E-state index in [-0.39, 0.29) is 0 Å². The summed E-state index contributed by atoms with van der Waals surface area (Å²) < 4.78 is 0.945. The van der Waals surface area contributed by atoms with Crippen molar-refractivity contribution in [3.63, 3.8) is 0 Å². The molecule has 0 aliphatic rings. The van der Waals surface area contributed by atoms with E-state index in [9.17, 15) is 4.79 Å². The summed E-state index contributed by atoms with van der Waals surface area (Å²) in [6.07, 6.45) is 1.49. The highest BCUT2D eigenvalue weighted by Crippen LogP contribution is 2.10. The van der Waals surface area contributed by atoms with Crippen molar-refractivity contribution >= 4 is 28.1 Å². The molecule has 0 aliphatic heterocycles. The third-order valence-corrected chi connectivity index (χ3v) is 2.69. The Bertz CT molecular complexity index is 567. The van der Waals surface area contributed by atoms with E-state index in [1.54, 1.807) is 24.3 Å². The van der Waals surface area contributed by atoms with Gasteiger partial charge in [0.2, 0.25) is 0 Å². The number of hydrogen-bond donors (Lipinski definition) is 0. The molecule has 0 amide bonds. The van der Waals surface area contributed by atoms with Crippen LogP contribution in [0.25, 0.3) is 0 Å². The van der Waals surface area contributed by atoms with Gasteiger partial charge in [-0.25, -0.2) is 4.79 Å². The number of benzene rings is 2. The molecule has 2 aromatic rings. The number of carbonyl (C=O) groups is 1. The summed E-state index contributed by atoms with van der Waals surface area (Å²) >= 11 is 3.35. The lowest BCUT2D eigenvalue weighted by molar-refractivity contribution is 0.0519. The summed E-state index contributed by atoms with van der Waals surface area (Å²) in [6.45, 7) is 0. The van der Waals surface area contributed by atoms with Crippen LogP contribution in [0.15, 0.2) is 64.2 Å². The summed E-state index contributed by atoms with van der Waals surface area (Å²) in [6, 6.07) is 16.3. The van der Waals surface area contributed by atoms with Gasteiger partial charge in [-0.05, 0) is 29.8 Å². The minimum Gasteiger partial charge on any atom is -0.313 e. The third kappa shape index (κ3) is 3.53. The molecule has 4 heteroatoms. The maximum absolute atomic E-state index is 11.6. The van der Waals surface area contributed by atoms with Gasteiger partial charge in [-0.1, -0.05) is 51.4 Å². The Morgan fingerprint density at radius 1 is 1.11 bits per heavy atom. The van der Waals surface area contributed by atoms with Gasteiger partial charge >= 0.3 is 5.97 Å². The molecule has 2 rings (SSSR count). The van der Waals surface area contributed by atoms with Crippen LogP contribution in [0.4, 0.5) is 0 Å². The van der Waals surface area contributed by atoms with E-state index in [0.29, 0.717) is 5.56 Å². The van der Waals surface area contributed by atoms with E-state index in [1.807, 2.05) is 30.3 Å². The smallest absolute Gasteiger partial charge is 0.313 e. The number of carbonyl (C=O) groups excluding carboxylic acids is 1. The largest absolute Gasteiger partial charge is 0.365 e. The van der Waals surface area contributed by atoms with Gasteiger partial charge in [0.05, 0.1) is 11.8 Å². The first-order valence-electron chi connectivity index (χ1n) is 5.31. The Morgan fingerprint density at radius 3 is 2.61 bits per heavy atom. The molecule has 0 saturated carbocycles. The second-order valence-corrected chi connectivity index (χ2v) is 4.45. The van der Waals surface area contributed by atoms with Gasteiger partial charge in [0.25, 0.3) is 0 Å². The Balaban J connectivity index is 1.98. The quantitative estimate of drug-likeness (QED) is 0.493. The van der Waals surface area contributed by atoms with Crippen molar-refractivity contribution in [3.8, 4) is 0 Å². The molecule has 3 nitrogen and oxygen atoms in total. The summed E-state index contributed by atoms with van der Waals surface area (Å²) in [5.41, 5.74) is 1.33. The Morgan fingerprint density at radius 2 is 1.89 bits per heavy atom. The van der Waals surface area contributed by atoms with Crippen LogP contribution in [0, 0.1) is 0 Å². The summed E-state index contributed by atoms with van der Waals surface area (Å²) in [4.78, 5) is 16.3. The van der Waals surface area contributed by atoms with Crippen LogP contribution < -0.4 is 0 Å². The van der Waals surface area contributed by atoms with E-state index >= 15 is 0 Å².